The highest BCUT2D eigenvalue weighted by atomic mass is 35.5. The summed E-state index contributed by atoms with van der Waals surface area (Å²) in [6.07, 6.45) is 3.23. The van der Waals surface area contributed by atoms with Crippen LogP contribution in [0.5, 0.6) is 5.75 Å². The van der Waals surface area contributed by atoms with E-state index in [0.29, 0.717) is 26.9 Å². The fourth-order valence-electron chi connectivity index (χ4n) is 4.01. The number of halogens is 2. The number of fused-ring (bicyclic) bond motifs is 1. The second-order valence-corrected chi connectivity index (χ2v) is 8.52. The van der Waals surface area contributed by atoms with Gasteiger partial charge in [0.05, 0.1) is 18.2 Å². The van der Waals surface area contributed by atoms with Gasteiger partial charge >= 0.3 is 0 Å². The summed E-state index contributed by atoms with van der Waals surface area (Å²) in [6.45, 7) is 3.42. The molecule has 33 heavy (non-hydrogen) atoms. The van der Waals surface area contributed by atoms with Crippen molar-refractivity contribution in [1.82, 2.24) is 4.57 Å². The highest BCUT2D eigenvalue weighted by Crippen LogP contribution is 2.35. The molecule has 0 atom stereocenters. The summed E-state index contributed by atoms with van der Waals surface area (Å²) < 4.78 is 7.50. The van der Waals surface area contributed by atoms with E-state index in [1.165, 1.54) is 20.1 Å². The molecular formula is C27H21Cl2NO3. The molecule has 0 aliphatic rings. The molecule has 0 unspecified atom stereocenters. The zero-order chi connectivity index (χ0) is 23.7. The van der Waals surface area contributed by atoms with Gasteiger partial charge in [-0.25, -0.2) is 0 Å². The van der Waals surface area contributed by atoms with Crippen molar-refractivity contribution < 1.29 is 14.3 Å². The van der Waals surface area contributed by atoms with Crippen LogP contribution in [0.4, 0.5) is 0 Å². The van der Waals surface area contributed by atoms with Gasteiger partial charge < -0.3 is 9.30 Å². The normalized spacial score (nSPS) is 11.3. The lowest BCUT2D eigenvalue weighted by Gasteiger charge is -2.11. The van der Waals surface area contributed by atoms with E-state index in [1.807, 2.05) is 35.8 Å². The number of allylic oxidation sites excluding steroid dienone is 1. The van der Waals surface area contributed by atoms with Crippen molar-refractivity contribution in [3.05, 3.63) is 99.2 Å². The number of hydrogen-bond donors (Lipinski definition) is 0. The Morgan fingerprint density at radius 2 is 1.55 bits per heavy atom. The highest BCUT2D eigenvalue weighted by molar-refractivity contribution is 6.30. The maximum absolute atomic E-state index is 13.1. The minimum Gasteiger partial charge on any atom is -0.496 e. The van der Waals surface area contributed by atoms with Gasteiger partial charge in [0, 0.05) is 32.4 Å². The fraction of sp³-hybridized carbons (Fsp3) is 0.111. The second kappa shape index (κ2) is 9.26. The van der Waals surface area contributed by atoms with Crippen LogP contribution in [-0.4, -0.2) is 23.2 Å². The van der Waals surface area contributed by atoms with Crippen LogP contribution >= 0.6 is 23.2 Å². The van der Waals surface area contributed by atoms with E-state index in [0.717, 1.165) is 27.8 Å². The summed E-state index contributed by atoms with van der Waals surface area (Å²) in [5.41, 5.74) is 4.21. The summed E-state index contributed by atoms with van der Waals surface area (Å²) >= 11 is 12.0. The van der Waals surface area contributed by atoms with Gasteiger partial charge in [-0.05, 0) is 74.0 Å². The van der Waals surface area contributed by atoms with Crippen molar-refractivity contribution >= 4 is 51.7 Å². The number of ketones is 2. The Labute approximate surface area is 202 Å². The molecule has 0 amide bonds. The van der Waals surface area contributed by atoms with E-state index in [4.69, 9.17) is 27.9 Å². The minimum absolute atomic E-state index is 0.0611. The molecule has 0 radical (unpaired) electrons. The van der Waals surface area contributed by atoms with Crippen LogP contribution in [0.15, 0.2) is 66.7 Å². The third kappa shape index (κ3) is 4.45. The molecule has 0 N–H and O–H groups in total. The third-order valence-electron chi connectivity index (χ3n) is 5.52. The third-order valence-corrected chi connectivity index (χ3v) is 6.03. The standard InChI is InChI=1S/C27H21Cl2NO3/c1-16-27(17(2)31)22-15-26(33-3)23(25(32)13-6-18-4-7-19(28)8-5-18)14-24(22)30(16)21-11-9-20(29)10-12-21/h4-15H,1-3H3/b13-6+. The first kappa shape index (κ1) is 22.8. The molecule has 0 saturated carbocycles. The quantitative estimate of drug-likeness (QED) is 0.215. The Kier molecular flexibility index (Phi) is 6.41. The van der Waals surface area contributed by atoms with Crippen molar-refractivity contribution in [2.45, 2.75) is 13.8 Å². The molecule has 1 aromatic heterocycles. The fourth-order valence-corrected chi connectivity index (χ4v) is 4.26. The summed E-state index contributed by atoms with van der Waals surface area (Å²) in [5, 5.41) is 1.97. The molecule has 6 heteroatoms. The van der Waals surface area contributed by atoms with E-state index in [1.54, 1.807) is 42.5 Å². The number of methoxy groups -OCH3 is 1. The van der Waals surface area contributed by atoms with Crippen LogP contribution in [0.3, 0.4) is 0 Å². The van der Waals surface area contributed by atoms with E-state index >= 15 is 0 Å². The number of hydrogen-bond acceptors (Lipinski definition) is 3. The van der Waals surface area contributed by atoms with Crippen molar-refractivity contribution in [3.8, 4) is 11.4 Å². The molecule has 0 bridgehead atoms. The number of carbonyl (C=O) groups is 2. The van der Waals surface area contributed by atoms with Crippen LogP contribution in [0.25, 0.3) is 22.7 Å². The average molecular weight is 478 g/mol. The van der Waals surface area contributed by atoms with Gasteiger partial charge in [0.2, 0.25) is 0 Å². The average Bonchev–Trinajstić information content (AvgIpc) is 3.09. The number of nitrogens with zero attached hydrogens (tertiary/aromatic N) is 1. The highest BCUT2D eigenvalue weighted by Gasteiger charge is 2.22. The van der Waals surface area contributed by atoms with Crippen LogP contribution in [0.1, 0.15) is 38.9 Å². The molecule has 1 heterocycles. The molecule has 0 aliphatic carbocycles. The van der Waals surface area contributed by atoms with E-state index < -0.39 is 0 Å². The first-order valence-electron chi connectivity index (χ1n) is 10.3. The molecule has 0 fully saturated rings. The largest absolute Gasteiger partial charge is 0.496 e. The number of aromatic nitrogens is 1. The van der Waals surface area contributed by atoms with E-state index in [9.17, 15) is 9.59 Å². The molecule has 4 rings (SSSR count). The predicted molar refractivity (Wildman–Crippen MR) is 134 cm³/mol. The SMILES string of the molecule is COc1cc2c(C(C)=O)c(C)n(-c3ccc(Cl)cc3)c2cc1C(=O)/C=C/c1ccc(Cl)cc1. The van der Waals surface area contributed by atoms with Crippen molar-refractivity contribution in [2.75, 3.05) is 7.11 Å². The van der Waals surface area contributed by atoms with Crippen molar-refractivity contribution in [2.24, 2.45) is 0 Å². The maximum Gasteiger partial charge on any atom is 0.189 e. The first-order chi connectivity index (χ1) is 15.8. The lowest BCUT2D eigenvalue weighted by molar-refractivity contribution is 0.101. The van der Waals surface area contributed by atoms with Crippen LogP contribution in [-0.2, 0) is 0 Å². The van der Waals surface area contributed by atoms with Gasteiger partial charge in [0.25, 0.3) is 0 Å². The molecule has 4 nitrogen and oxygen atoms in total. The van der Waals surface area contributed by atoms with Gasteiger partial charge in [-0.15, -0.1) is 0 Å². The Bertz CT molecular complexity index is 1400. The number of Topliss-reactive ketones (excluding diaryl/α,β-unsaturated/α-hetero) is 1. The number of rotatable bonds is 6. The minimum atomic E-state index is -0.213. The Morgan fingerprint density at radius 1 is 0.939 bits per heavy atom. The van der Waals surface area contributed by atoms with Gasteiger partial charge in [0.1, 0.15) is 5.75 Å². The molecule has 0 spiro atoms. The number of carbonyl (C=O) groups excluding carboxylic acids is 2. The molecule has 3 aromatic carbocycles. The molecule has 0 aliphatic heterocycles. The van der Waals surface area contributed by atoms with Gasteiger partial charge in [-0.3, -0.25) is 9.59 Å². The lowest BCUT2D eigenvalue weighted by atomic mass is 10.0. The van der Waals surface area contributed by atoms with Crippen LogP contribution in [0.2, 0.25) is 10.0 Å². The maximum atomic E-state index is 13.1. The van der Waals surface area contributed by atoms with Gasteiger partial charge in [0.15, 0.2) is 11.6 Å². The first-order valence-corrected chi connectivity index (χ1v) is 11.0. The lowest BCUT2D eigenvalue weighted by Crippen LogP contribution is -2.01. The van der Waals surface area contributed by atoms with Crippen LogP contribution in [0, 0.1) is 6.92 Å². The van der Waals surface area contributed by atoms with Crippen molar-refractivity contribution in [3.63, 3.8) is 0 Å². The topological polar surface area (TPSA) is 48.3 Å². The van der Waals surface area contributed by atoms with Crippen LogP contribution < -0.4 is 4.74 Å². The molecule has 4 aromatic rings. The Balaban J connectivity index is 1.89. The summed E-state index contributed by atoms with van der Waals surface area (Å²) in [5.74, 6) is 0.132. The Morgan fingerprint density at radius 3 is 2.12 bits per heavy atom. The molecule has 166 valence electrons. The van der Waals surface area contributed by atoms with Gasteiger partial charge in [-0.2, -0.15) is 0 Å². The molecule has 0 saturated heterocycles. The number of ether oxygens (including phenoxy) is 1. The zero-order valence-corrected chi connectivity index (χ0v) is 19.9. The summed E-state index contributed by atoms with van der Waals surface area (Å²) in [7, 11) is 1.51. The second-order valence-electron chi connectivity index (χ2n) is 7.65. The molecular weight excluding hydrogens is 457 g/mol. The summed E-state index contributed by atoms with van der Waals surface area (Å²) in [4.78, 5) is 25.7. The van der Waals surface area contributed by atoms with Gasteiger partial charge in [-0.1, -0.05) is 41.4 Å². The van der Waals surface area contributed by atoms with Crippen molar-refractivity contribution in [1.29, 1.82) is 0 Å². The van der Waals surface area contributed by atoms with E-state index in [-0.39, 0.29) is 11.6 Å². The Hall–Kier alpha value is -3.34. The monoisotopic (exact) mass is 477 g/mol. The smallest absolute Gasteiger partial charge is 0.189 e. The van der Waals surface area contributed by atoms with E-state index in [2.05, 4.69) is 0 Å². The zero-order valence-electron chi connectivity index (χ0n) is 18.4. The predicted octanol–water partition coefficient (Wildman–Crippen LogP) is 7.35. The number of benzene rings is 3. The summed E-state index contributed by atoms with van der Waals surface area (Å²) in [6, 6.07) is 18.1.